The average Bonchev–Trinajstić information content (AvgIpc) is 3.08. The summed E-state index contributed by atoms with van der Waals surface area (Å²) in [5.41, 5.74) is 1.62. The second-order valence-corrected chi connectivity index (χ2v) is 13.7. The fourth-order valence-corrected chi connectivity index (χ4v) is 6.64. The maximum atomic E-state index is 14.7. The first-order valence-electron chi connectivity index (χ1n) is 15.2. The number of nitrogens with zero attached hydrogens (tertiary/aromatic N) is 2. The van der Waals surface area contributed by atoms with E-state index < -0.39 is 28.5 Å². The van der Waals surface area contributed by atoms with E-state index in [0.717, 1.165) is 9.87 Å². The molecule has 0 aliphatic rings. The molecule has 4 aromatic carbocycles. The first-order chi connectivity index (χ1) is 22.5. The smallest absolute Gasteiger partial charge is 0.264 e. The van der Waals surface area contributed by atoms with Gasteiger partial charge in [-0.15, -0.1) is 0 Å². The quantitative estimate of drug-likeness (QED) is 0.166. The second kappa shape index (κ2) is 16.3. The van der Waals surface area contributed by atoms with Gasteiger partial charge in [-0.25, -0.2) is 8.42 Å². The van der Waals surface area contributed by atoms with Crippen molar-refractivity contribution in [3.8, 4) is 11.5 Å². The number of carbonyl (C=O) groups excluding carboxylic acids is 2. The molecule has 4 rings (SSSR count). The van der Waals surface area contributed by atoms with Gasteiger partial charge in [0.05, 0.1) is 24.8 Å². The van der Waals surface area contributed by atoms with Crippen molar-refractivity contribution >= 4 is 39.1 Å². The molecule has 0 spiro atoms. The van der Waals surface area contributed by atoms with Gasteiger partial charge in [-0.1, -0.05) is 86.1 Å². The maximum absolute atomic E-state index is 14.7. The molecule has 248 valence electrons. The van der Waals surface area contributed by atoms with Crippen LogP contribution in [0.5, 0.6) is 11.5 Å². The molecule has 0 unspecified atom stereocenters. The summed E-state index contributed by atoms with van der Waals surface area (Å²) < 4.78 is 40.4. The molecule has 0 radical (unpaired) electrons. The van der Waals surface area contributed by atoms with E-state index in [9.17, 15) is 18.0 Å². The fraction of sp³-hybridized carbons (Fsp3) is 0.278. The van der Waals surface area contributed by atoms with Crippen LogP contribution in [-0.2, 0) is 32.6 Å². The average molecular weight is 678 g/mol. The first-order valence-corrected chi connectivity index (χ1v) is 17.0. The Bertz CT molecular complexity index is 1750. The Balaban J connectivity index is 1.85. The summed E-state index contributed by atoms with van der Waals surface area (Å²) in [5.74, 6) is -0.000441. The van der Waals surface area contributed by atoms with Crippen LogP contribution in [0.25, 0.3) is 0 Å². The Morgan fingerprint density at radius 2 is 1.49 bits per heavy atom. The fourth-order valence-electron chi connectivity index (χ4n) is 5.04. The van der Waals surface area contributed by atoms with E-state index in [1.807, 2.05) is 50.2 Å². The predicted molar refractivity (Wildman–Crippen MR) is 184 cm³/mol. The number of rotatable bonds is 15. The third kappa shape index (κ3) is 9.27. The van der Waals surface area contributed by atoms with Crippen molar-refractivity contribution in [3.05, 3.63) is 119 Å². The Morgan fingerprint density at radius 3 is 2.13 bits per heavy atom. The van der Waals surface area contributed by atoms with Crippen LogP contribution in [0.2, 0.25) is 5.02 Å². The third-order valence-electron chi connectivity index (χ3n) is 7.46. The lowest BCUT2D eigenvalue weighted by Crippen LogP contribution is -2.53. The molecule has 0 aromatic heterocycles. The summed E-state index contributed by atoms with van der Waals surface area (Å²) in [7, 11) is -1.36. The lowest BCUT2D eigenvalue weighted by atomic mass is 10.0. The van der Waals surface area contributed by atoms with Gasteiger partial charge in [-0.2, -0.15) is 0 Å². The SMILES string of the molecule is COc1cccc(CN(C(=O)CN(c2cc(Cl)ccc2OC)S(=O)(=O)c2ccccc2)[C@H](Cc2ccccc2)C(=O)NCC(C)C)c1. The second-order valence-electron chi connectivity index (χ2n) is 11.4. The zero-order chi connectivity index (χ0) is 34.0. The molecular weight excluding hydrogens is 638 g/mol. The Labute approximate surface area is 282 Å². The molecular formula is C36H40ClN3O6S. The first kappa shape index (κ1) is 35.3. The van der Waals surface area contributed by atoms with Crippen molar-refractivity contribution in [3.63, 3.8) is 0 Å². The van der Waals surface area contributed by atoms with E-state index in [2.05, 4.69) is 5.32 Å². The van der Waals surface area contributed by atoms with Crippen LogP contribution in [0.3, 0.4) is 0 Å². The molecule has 47 heavy (non-hydrogen) atoms. The minimum Gasteiger partial charge on any atom is -0.497 e. The highest BCUT2D eigenvalue weighted by Gasteiger charge is 2.35. The molecule has 2 amide bonds. The molecule has 1 atom stereocenters. The molecule has 0 saturated carbocycles. The number of halogens is 1. The Kier molecular flexibility index (Phi) is 12.3. The van der Waals surface area contributed by atoms with Crippen LogP contribution < -0.4 is 19.1 Å². The zero-order valence-corrected chi connectivity index (χ0v) is 28.5. The van der Waals surface area contributed by atoms with Gasteiger partial charge in [0.15, 0.2) is 0 Å². The van der Waals surface area contributed by atoms with Crippen LogP contribution in [0.1, 0.15) is 25.0 Å². The Morgan fingerprint density at radius 1 is 0.830 bits per heavy atom. The normalized spacial score (nSPS) is 11.9. The number of sulfonamides is 1. The number of amides is 2. The highest BCUT2D eigenvalue weighted by Crippen LogP contribution is 2.35. The standard InChI is InChI=1S/C36H40ClN3O6S/c1-26(2)23-38-36(42)33(21-27-12-7-5-8-13-27)39(24-28-14-11-15-30(20-28)45-3)35(41)25-40(32-22-29(37)18-19-34(32)46-4)47(43,44)31-16-9-6-10-17-31/h5-20,22,26,33H,21,23-25H2,1-4H3,(H,38,42)/t33-/m1/s1. The van der Waals surface area contributed by atoms with E-state index in [-0.39, 0.29) is 46.1 Å². The number of methoxy groups -OCH3 is 2. The van der Waals surface area contributed by atoms with Gasteiger partial charge >= 0.3 is 0 Å². The molecule has 9 nitrogen and oxygen atoms in total. The Hall–Kier alpha value is -4.54. The van der Waals surface area contributed by atoms with Crippen molar-refractivity contribution in [1.29, 1.82) is 0 Å². The molecule has 11 heteroatoms. The van der Waals surface area contributed by atoms with Gasteiger partial charge < -0.3 is 19.7 Å². The van der Waals surface area contributed by atoms with Crippen molar-refractivity contribution in [2.24, 2.45) is 5.92 Å². The molecule has 0 fully saturated rings. The predicted octanol–water partition coefficient (Wildman–Crippen LogP) is 5.96. The van der Waals surface area contributed by atoms with Crippen LogP contribution in [0.15, 0.2) is 108 Å². The van der Waals surface area contributed by atoms with Gasteiger partial charge in [-0.05, 0) is 59.5 Å². The highest BCUT2D eigenvalue weighted by molar-refractivity contribution is 7.92. The number of nitrogens with one attached hydrogen (secondary N) is 1. The van der Waals surface area contributed by atoms with Gasteiger partial charge in [0.2, 0.25) is 11.8 Å². The summed E-state index contributed by atoms with van der Waals surface area (Å²) in [6, 6.07) is 28.0. The lowest BCUT2D eigenvalue weighted by Gasteiger charge is -2.34. The van der Waals surface area contributed by atoms with Crippen LogP contribution in [0, 0.1) is 5.92 Å². The van der Waals surface area contributed by atoms with E-state index in [0.29, 0.717) is 17.9 Å². The minimum atomic E-state index is -4.32. The summed E-state index contributed by atoms with van der Waals surface area (Å²) in [5, 5.41) is 3.24. The van der Waals surface area contributed by atoms with E-state index in [1.54, 1.807) is 55.6 Å². The number of anilines is 1. The van der Waals surface area contributed by atoms with Gasteiger partial charge in [0.1, 0.15) is 24.1 Å². The molecule has 4 aromatic rings. The van der Waals surface area contributed by atoms with Gasteiger partial charge in [0.25, 0.3) is 10.0 Å². The summed E-state index contributed by atoms with van der Waals surface area (Å²) in [6.45, 7) is 3.74. The van der Waals surface area contributed by atoms with Crippen molar-refractivity contribution < 1.29 is 27.5 Å². The van der Waals surface area contributed by atoms with Crippen LogP contribution in [0.4, 0.5) is 5.69 Å². The molecule has 0 aliphatic heterocycles. The van der Waals surface area contributed by atoms with Crippen molar-refractivity contribution in [2.45, 2.75) is 37.8 Å². The molecule has 0 heterocycles. The topological polar surface area (TPSA) is 105 Å². The molecule has 0 aliphatic carbocycles. The van der Waals surface area contributed by atoms with Crippen molar-refractivity contribution in [1.82, 2.24) is 10.2 Å². The monoisotopic (exact) mass is 677 g/mol. The summed E-state index contributed by atoms with van der Waals surface area (Å²) >= 11 is 6.35. The van der Waals surface area contributed by atoms with Crippen molar-refractivity contribution in [2.75, 3.05) is 31.6 Å². The number of benzene rings is 4. The maximum Gasteiger partial charge on any atom is 0.264 e. The van der Waals surface area contributed by atoms with Gasteiger partial charge in [0, 0.05) is 24.5 Å². The number of hydrogen-bond acceptors (Lipinski definition) is 6. The van der Waals surface area contributed by atoms with E-state index >= 15 is 0 Å². The lowest BCUT2D eigenvalue weighted by molar-refractivity contribution is -0.140. The number of ether oxygens (including phenoxy) is 2. The molecule has 0 bridgehead atoms. The van der Waals surface area contributed by atoms with Gasteiger partial charge in [-0.3, -0.25) is 13.9 Å². The van der Waals surface area contributed by atoms with E-state index in [4.69, 9.17) is 21.1 Å². The largest absolute Gasteiger partial charge is 0.497 e. The number of hydrogen-bond donors (Lipinski definition) is 1. The highest BCUT2D eigenvalue weighted by atomic mass is 35.5. The third-order valence-corrected chi connectivity index (χ3v) is 9.47. The zero-order valence-electron chi connectivity index (χ0n) is 26.9. The summed E-state index contributed by atoms with van der Waals surface area (Å²) in [4.78, 5) is 30.0. The van der Waals surface area contributed by atoms with Crippen LogP contribution in [-0.4, -0.2) is 58.5 Å². The minimum absolute atomic E-state index is 0.00847. The van der Waals surface area contributed by atoms with Crippen LogP contribution >= 0.6 is 11.6 Å². The number of carbonyl (C=O) groups is 2. The summed E-state index contributed by atoms with van der Waals surface area (Å²) in [6.07, 6.45) is 0.201. The van der Waals surface area contributed by atoms with E-state index in [1.165, 1.54) is 30.2 Å². The molecule has 0 saturated heterocycles. The molecule has 1 N–H and O–H groups in total.